The Morgan fingerprint density at radius 2 is 1.48 bits per heavy atom. The average Bonchev–Trinajstić information content (AvgIpc) is 2.83. The van der Waals surface area contributed by atoms with Gasteiger partial charge in [-0.2, -0.15) is 0 Å². The molecule has 0 aromatic heterocycles. The van der Waals surface area contributed by atoms with Crippen LogP contribution in [0.1, 0.15) is 39.7 Å². The molecule has 172 valence electrons. The van der Waals surface area contributed by atoms with Crippen LogP contribution in [0.25, 0.3) is 17.2 Å². The van der Waals surface area contributed by atoms with E-state index in [0.29, 0.717) is 30.4 Å². The normalized spacial score (nSPS) is 13.4. The maximum absolute atomic E-state index is 11.4. The van der Waals surface area contributed by atoms with Crippen molar-refractivity contribution >= 4 is 12.0 Å². The Morgan fingerprint density at radius 3 is 2.03 bits per heavy atom. The summed E-state index contributed by atoms with van der Waals surface area (Å²) >= 11 is 0. The van der Waals surface area contributed by atoms with Crippen molar-refractivity contribution in [2.24, 2.45) is 5.92 Å². The van der Waals surface area contributed by atoms with Crippen LogP contribution in [0.2, 0.25) is 0 Å². The van der Waals surface area contributed by atoms with E-state index in [1.807, 2.05) is 18.2 Å². The van der Waals surface area contributed by atoms with Crippen LogP contribution in [0.4, 0.5) is 0 Å². The second-order valence-electron chi connectivity index (χ2n) is 8.61. The van der Waals surface area contributed by atoms with Crippen LogP contribution >= 0.6 is 0 Å². The fourth-order valence-corrected chi connectivity index (χ4v) is 3.29. The van der Waals surface area contributed by atoms with Gasteiger partial charge in [0.25, 0.3) is 0 Å². The van der Waals surface area contributed by atoms with Gasteiger partial charge in [-0.1, -0.05) is 81.4 Å². The molecule has 3 aromatic carbocycles. The number of benzene rings is 3. The molecule has 1 atom stereocenters. The second kappa shape index (κ2) is 10.9. The summed E-state index contributed by atoms with van der Waals surface area (Å²) in [6.45, 7) is 8.15. The summed E-state index contributed by atoms with van der Waals surface area (Å²) in [5.74, 6) is 0.574. The highest BCUT2D eigenvalue weighted by molar-refractivity contribution is 5.77. The lowest BCUT2D eigenvalue weighted by molar-refractivity contribution is -0.154. The van der Waals surface area contributed by atoms with Crippen LogP contribution in [0.3, 0.4) is 0 Å². The summed E-state index contributed by atoms with van der Waals surface area (Å²) in [6, 6.07) is 26.0. The molecule has 3 aromatic rings. The maximum atomic E-state index is 11.4. The number of aliphatic carboxylic acids is 1. The lowest BCUT2D eigenvalue weighted by Crippen LogP contribution is -2.40. The molecule has 4 heteroatoms. The molecular formula is C29H32O4. The number of carboxylic acid groups (broad SMARTS) is 1. The van der Waals surface area contributed by atoms with Gasteiger partial charge in [0.2, 0.25) is 5.60 Å². The minimum atomic E-state index is -1.24. The fourth-order valence-electron chi connectivity index (χ4n) is 3.29. The van der Waals surface area contributed by atoms with Crippen LogP contribution in [-0.2, 0) is 4.79 Å². The first kappa shape index (κ1) is 24.1. The quantitative estimate of drug-likeness (QED) is 0.362. The van der Waals surface area contributed by atoms with Crippen molar-refractivity contribution in [2.45, 2.75) is 39.7 Å². The molecule has 0 spiro atoms. The van der Waals surface area contributed by atoms with Gasteiger partial charge in [-0.3, -0.25) is 0 Å². The largest absolute Gasteiger partial charge is 0.489 e. The minimum Gasteiger partial charge on any atom is -0.489 e. The number of carbonyl (C=O) groups is 1. The Bertz CT molecular complexity index is 1070. The highest BCUT2D eigenvalue weighted by Crippen LogP contribution is 2.26. The van der Waals surface area contributed by atoms with Gasteiger partial charge in [0, 0.05) is 0 Å². The van der Waals surface area contributed by atoms with Gasteiger partial charge in [0.15, 0.2) is 0 Å². The van der Waals surface area contributed by atoms with Crippen molar-refractivity contribution in [3.63, 3.8) is 0 Å². The molecule has 4 nitrogen and oxygen atoms in total. The highest BCUT2D eigenvalue weighted by Gasteiger charge is 2.33. The SMILES string of the molecule is CCC(C)(Oc1ccc(OC/C(=C/c2ccc(-c3ccccc3)cc2)C(C)C)cc1)C(=O)O. The third kappa shape index (κ3) is 6.48. The van der Waals surface area contributed by atoms with Crippen molar-refractivity contribution < 1.29 is 19.4 Å². The highest BCUT2D eigenvalue weighted by atomic mass is 16.5. The summed E-state index contributed by atoms with van der Waals surface area (Å²) in [7, 11) is 0. The Balaban J connectivity index is 1.66. The summed E-state index contributed by atoms with van der Waals surface area (Å²) in [4.78, 5) is 11.4. The average molecular weight is 445 g/mol. The molecule has 33 heavy (non-hydrogen) atoms. The number of hydrogen-bond donors (Lipinski definition) is 1. The lowest BCUT2D eigenvalue weighted by atomic mass is 9.99. The molecule has 1 unspecified atom stereocenters. The van der Waals surface area contributed by atoms with E-state index in [1.54, 1.807) is 38.1 Å². The Hall–Kier alpha value is -3.53. The third-order valence-electron chi connectivity index (χ3n) is 5.81. The van der Waals surface area contributed by atoms with E-state index in [9.17, 15) is 9.90 Å². The zero-order valence-corrected chi connectivity index (χ0v) is 19.7. The van der Waals surface area contributed by atoms with Crippen LogP contribution in [-0.4, -0.2) is 23.3 Å². The molecule has 3 rings (SSSR count). The van der Waals surface area contributed by atoms with Crippen LogP contribution in [0.5, 0.6) is 11.5 Å². The van der Waals surface area contributed by atoms with Gasteiger partial charge < -0.3 is 14.6 Å². The van der Waals surface area contributed by atoms with Crippen LogP contribution in [0, 0.1) is 5.92 Å². The van der Waals surface area contributed by atoms with E-state index >= 15 is 0 Å². The summed E-state index contributed by atoms with van der Waals surface area (Å²) in [5, 5.41) is 9.38. The fraction of sp³-hybridized carbons (Fsp3) is 0.276. The number of carboxylic acids is 1. The molecule has 0 aliphatic heterocycles. The van der Waals surface area contributed by atoms with Gasteiger partial charge in [-0.25, -0.2) is 4.79 Å². The molecule has 0 radical (unpaired) electrons. The third-order valence-corrected chi connectivity index (χ3v) is 5.81. The Morgan fingerprint density at radius 1 is 0.909 bits per heavy atom. The first-order valence-corrected chi connectivity index (χ1v) is 11.3. The van der Waals surface area contributed by atoms with Crippen LogP contribution in [0.15, 0.2) is 84.4 Å². The van der Waals surface area contributed by atoms with Gasteiger partial charge >= 0.3 is 5.97 Å². The molecule has 0 heterocycles. The first-order chi connectivity index (χ1) is 15.8. The number of hydrogen-bond acceptors (Lipinski definition) is 3. The van der Waals surface area contributed by atoms with Gasteiger partial charge in [0.1, 0.15) is 18.1 Å². The van der Waals surface area contributed by atoms with Crippen molar-refractivity contribution in [3.05, 3.63) is 90.0 Å². The van der Waals surface area contributed by atoms with Gasteiger partial charge in [0.05, 0.1) is 0 Å². The summed E-state index contributed by atoms with van der Waals surface area (Å²) in [5.41, 5.74) is 3.48. The summed E-state index contributed by atoms with van der Waals surface area (Å²) in [6.07, 6.45) is 2.55. The summed E-state index contributed by atoms with van der Waals surface area (Å²) < 4.78 is 11.7. The zero-order valence-electron chi connectivity index (χ0n) is 19.7. The molecule has 1 N–H and O–H groups in total. The Kier molecular flexibility index (Phi) is 7.94. The maximum Gasteiger partial charge on any atom is 0.347 e. The minimum absolute atomic E-state index is 0.335. The molecule has 0 aliphatic carbocycles. The second-order valence-corrected chi connectivity index (χ2v) is 8.61. The van der Waals surface area contributed by atoms with E-state index in [1.165, 1.54) is 16.7 Å². The van der Waals surface area contributed by atoms with Crippen molar-refractivity contribution in [1.82, 2.24) is 0 Å². The van der Waals surface area contributed by atoms with E-state index in [-0.39, 0.29) is 0 Å². The van der Waals surface area contributed by atoms with Crippen molar-refractivity contribution in [2.75, 3.05) is 6.61 Å². The van der Waals surface area contributed by atoms with E-state index in [2.05, 4.69) is 56.3 Å². The topological polar surface area (TPSA) is 55.8 Å². The molecule has 0 fully saturated rings. The lowest BCUT2D eigenvalue weighted by Gasteiger charge is -2.24. The van der Waals surface area contributed by atoms with Crippen LogP contribution < -0.4 is 9.47 Å². The molecule has 0 saturated carbocycles. The predicted octanol–water partition coefficient (Wildman–Crippen LogP) is 7.10. The van der Waals surface area contributed by atoms with E-state index in [0.717, 1.165) is 5.56 Å². The van der Waals surface area contributed by atoms with Gasteiger partial charge in [-0.05, 0) is 65.8 Å². The Labute approximate surface area is 196 Å². The molecule has 0 saturated heterocycles. The van der Waals surface area contributed by atoms with Crippen molar-refractivity contribution in [1.29, 1.82) is 0 Å². The molecule has 0 amide bonds. The smallest absolute Gasteiger partial charge is 0.347 e. The molecule has 0 bridgehead atoms. The standard InChI is InChI=1S/C29H32O4/c1-5-29(4,28(30)31)33-27-17-15-26(16-18-27)32-20-25(21(2)3)19-22-11-13-24(14-12-22)23-9-7-6-8-10-23/h6-19,21H,5,20H2,1-4H3,(H,30,31)/b25-19-. The molecule has 0 aliphatic rings. The van der Waals surface area contributed by atoms with Gasteiger partial charge in [-0.15, -0.1) is 0 Å². The zero-order chi connectivity index (χ0) is 23.8. The molecular weight excluding hydrogens is 412 g/mol. The first-order valence-electron chi connectivity index (χ1n) is 11.3. The van der Waals surface area contributed by atoms with Crippen molar-refractivity contribution in [3.8, 4) is 22.6 Å². The number of ether oxygens (including phenoxy) is 2. The monoisotopic (exact) mass is 444 g/mol. The number of rotatable bonds is 10. The van der Waals surface area contributed by atoms with E-state index < -0.39 is 11.6 Å². The van der Waals surface area contributed by atoms with E-state index in [4.69, 9.17) is 9.47 Å². The predicted molar refractivity (Wildman–Crippen MR) is 134 cm³/mol.